The van der Waals surface area contributed by atoms with Gasteiger partial charge in [-0.15, -0.1) is 0 Å². The Balaban J connectivity index is 2.28. The molecule has 112 valence electrons. The number of rotatable bonds is 9. The molecule has 0 bridgehead atoms. The second-order valence-electron chi connectivity index (χ2n) is 5.41. The van der Waals surface area contributed by atoms with E-state index in [0.29, 0.717) is 13.2 Å². The maximum Gasteiger partial charge on any atom is 0.313 e. The van der Waals surface area contributed by atoms with Crippen molar-refractivity contribution in [2.75, 3.05) is 32.9 Å². The third kappa shape index (κ3) is 5.49. The molecular formula is C15H29NO3. The zero-order valence-corrected chi connectivity index (χ0v) is 12.5. The van der Waals surface area contributed by atoms with Crippen molar-refractivity contribution < 1.29 is 14.3 Å². The Bertz CT molecular complexity index is 244. The quantitative estimate of drug-likeness (QED) is 0.517. The lowest BCUT2D eigenvalue weighted by Gasteiger charge is -2.35. The lowest BCUT2D eigenvalue weighted by Crippen LogP contribution is -2.46. The fraction of sp³-hybridized carbons (Fsp3) is 0.933. The molecule has 0 aromatic carbocycles. The topological polar surface area (TPSA) is 47.6 Å². The molecule has 1 aliphatic heterocycles. The molecule has 0 aromatic rings. The van der Waals surface area contributed by atoms with E-state index in [-0.39, 0.29) is 11.4 Å². The molecule has 0 aromatic heterocycles. The second-order valence-corrected chi connectivity index (χ2v) is 5.41. The van der Waals surface area contributed by atoms with Crippen molar-refractivity contribution in [2.45, 2.75) is 52.4 Å². The van der Waals surface area contributed by atoms with E-state index < -0.39 is 0 Å². The molecule has 4 heteroatoms. The predicted octanol–water partition coefficient (Wildman–Crippen LogP) is 2.52. The van der Waals surface area contributed by atoms with E-state index in [1.54, 1.807) is 0 Å². The number of piperidine rings is 1. The minimum atomic E-state index is -0.295. The summed E-state index contributed by atoms with van der Waals surface area (Å²) in [6.45, 7) is 7.69. The first-order chi connectivity index (χ1) is 9.25. The van der Waals surface area contributed by atoms with Crippen LogP contribution in [0.1, 0.15) is 52.4 Å². The third-order valence-corrected chi connectivity index (χ3v) is 3.74. The third-order valence-electron chi connectivity index (χ3n) is 3.74. The number of carbonyl (C=O) groups is 1. The molecule has 0 amide bonds. The Labute approximate surface area is 117 Å². The number of esters is 1. The molecule has 1 unspecified atom stereocenters. The molecule has 1 heterocycles. The standard InChI is InChI=1S/C15H29NO3/c1-3-5-10-18-11-12-19-14(17)15(7-4-2)8-6-9-16-13-15/h16H,3-13H2,1-2H3. The van der Waals surface area contributed by atoms with Crippen molar-refractivity contribution in [3.63, 3.8) is 0 Å². The van der Waals surface area contributed by atoms with Crippen LogP contribution in [0.5, 0.6) is 0 Å². The first-order valence-electron chi connectivity index (χ1n) is 7.71. The average molecular weight is 271 g/mol. The maximum absolute atomic E-state index is 12.3. The van der Waals surface area contributed by atoms with Crippen molar-refractivity contribution >= 4 is 5.97 Å². The minimum Gasteiger partial charge on any atom is -0.463 e. The monoisotopic (exact) mass is 271 g/mol. The summed E-state index contributed by atoms with van der Waals surface area (Å²) >= 11 is 0. The number of ether oxygens (including phenoxy) is 2. The number of carbonyl (C=O) groups excluding carboxylic acids is 1. The van der Waals surface area contributed by atoms with Crippen LogP contribution in [0, 0.1) is 5.41 Å². The van der Waals surface area contributed by atoms with Gasteiger partial charge in [0, 0.05) is 13.2 Å². The highest BCUT2D eigenvalue weighted by Gasteiger charge is 2.40. The minimum absolute atomic E-state index is 0.0411. The highest BCUT2D eigenvalue weighted by atomic mass is 16.6. The average Bonchev–Trinajstić information content (AvgIpc) is 2.44. The summed E-state index contributed by atoms with van der Waals surface area (Å²) in [6, 6.07) is 0. The van der Waals surface area contributed by atoms with Gasteiger partial charge in [0.2, 0.25) is 0 Å². The molecule has 0 radical (unpaired) electrons. The summed E-state index contributed by atoms with van der Waals surface area (Å²) < 4.78 is 10.8. The van der Waals surface area contributed by atoms with E-state index in [2.05, 4.69) is 19.2 Å². The van der Waals surface area contributed by atoms with Crippen molar-refractivity contribution in [1.82, 2.24) is 5.32 Å². The zero-order valence-electron chi connectivity index (χ0n) is 12.5. The largest absolute Gasteiger partial charge is 0.463 e. The maximum atomic E-state index is 12.3. The normalized spacial score (nSPS) is 23.3. The van der Waals surface area contributed by atoms with Gasteiger partial charge in [-0.2, -0.15) is 0 Å². The highest BCUT2D eigenvalue weighted by Crippen LogP contribution is 2.32. The molecule has 4 nitrogen and oxygen atoms in total. The van der Waals surface area contributed by atoms with Crippen molar-refractivity contribution in [2.24, 2.45) is 5.41 Å². The fourth-order valence-corrected chi connectivity index (χ4v) is 2.63. The van der Waals surface area contributed by atoms with Crippen LogP contribution < -0.4 is 5.32 Å². The molecule has 1 N–H and O–H groups in total. The smallest absolute Gasteiger partial charge is 0.313 e. The van der Waals surface area contributed by atoms with E-state index in [1.807, 2.05) is 0 Å². The lowest BCUT2D eigenvalue weighted by atomic mass is 9.77. The Morgan fingerprint density at radius 2 is 2.05 bits per heavy atom. The first kappa shape index (κ1) is 16.4. The van der Waals surface area contributed by atoms with Gasteiger partial charge < -0.3 is 14.8 Å². The Hall–Kier alpha value is -0.610. The zero-order chi connectivity index (χ0) is 14.0. The molecule has 0 saturated carbocycles. The van der Waals surface area contributed by atoms with Crippen LogP contribution in [0.4, 0.5) is 0 Å². The molecule has 19 heavy (non-hydrogen) atoms. The Morgan fingerprint density at radius 1 is 1.21 bits per heavy atom. The first-order valence-corrected chi connectivity index (χ1v) is 7.71. The molecule has 1 fully saturated rings. The summed E-state index contributed by atoms with van der Waals surface area (Å²) in [7, 11) is 0. The number of unbranched alkanes of at least 4 members (excludes halogenated alkanes) is 1. The molecule has 1 aliphatic rings. The Kier molecular flexibility index (Phi) is 8.07. The van der Waals surface area contributed by atoms with Gasteiger partial charge in [-0.1, -0.05) is 26.7 Å². The van der Waals surface area contributed by atoms with Gasteiger partial charge >= 0.3 is 5.97 Å². The van der Waals surface area contributed by atoms with Crippen LogP contribution in [0.3, 0.4) is 0 Å². The van der Waals surface area contributed by atoms with Gasteiger partial charge in [0.1, 0.15) is 6.61 Å². The summed E-state index contributed by atoms with van der Waals surface area (Å²) in [5.74, 6) is -0.0411. The molecule has 0 aliphatic carbocycles. The highest BCUT2D eigenvalue weighted by molar-refractivity contribution is 5.77. The molecule has 0 spiro atoms. The molecule has 1 atom stereocenters. The summed E-state index contributed by atoms with van der Waals surface area (Å²) in [5, 5.41) is 3.33. The number of hydrogen-bond donors (Lipinski definition) is 1. The van der Waals surface area contributed by atoms with Gasteiger partial charge in [-0.3, -0.25) is 4.79 Å². The van der Waals surface area contributed by atoms with E-state index in [0.717, 1.165) is 58.2 Å². The van der Waals surface area contributed by atoms with E-state index >= 15 is 0 Å². The van der Waals surface area contributed by atoms with Crippen LogP contribution in [-0.4, -0.2) is 38.9 Å². The van der Waals surface area contributed by atoms with Gasteiger partial charge in [0.05, 0.1) is 12.0 Å². The van der Waals surface area contributed by atoms with E-state index in [1.165, 1.54) is 0 Å². The molecule has 1 rings (SSSR count). The van der Waals surface area contributed by atoms with Crippen LogP contribution in [0.2, 0.25) is 0 Å². The van der Waals surface area contributed by atoms with Crippen LogP contribution in [-0.2, 0) is 14.3 Å². The van der Waals surface area contributed by atoms with E-state index in [9.17, 15) is 4.79 Å². The van der Waals surface area contributed by atoms with Gasteiger partial charge in [0.25, 0.3) is 0 Å². The van der Waals surface area contributed by atoms with Crippen LogP contribution in [0.25, 0.3) is 0 Å². The summed E-state index contributed by atoms with van der Waals surface area (Å²) in [6.07, 6.45) is 6.13. The lowest BCUT2D eigenvalue weighted by molar-refractivity contribution is -0.159. The molecular weight excluding hydrogens is 242 g/mol. The summed E-state index contributed by atoms with van der Waals surface area (Å²) in [5.41, 5.74) is -0.295. The van der Waals surface area contributed by atoms with Gasteiger partial charge in [0.15, 0.2) is 0 Å². The van der Waals surface area contributed by atoms with Crippen LogP contribution in [0.15, 0.2) is 0 Å². The predicted molar refractivity (Wildman–Crippen MR) is 76.1 cm³/mol. The van der Waals surface area contributed by atoms with Crippen molar-refractivity contribution in [3.8, 4) is 0 Å². The second kappa shape index (κ2) is 9.32. The van der Waals surface area contributed by atoms with Crippen LogP contribution >= 0.6 is 0 Å². The Morgan fingerprint density at radius 3 is 2.68 bits per heavy atom. The van der Waals surface area contributed by atoms with Gasteiger partial charge in [-0.25, -0.2) is 0 Å². The SMILES string of the molecule is CCCCOCCOC(=O)C1(CCC)CCCNC1. The number of hydrogen-bond acceptors (Lipinski definition) is 4. The van der Waals surface area contributed by atoms with Gasteiger partial charge in [-0.05, 0) is 32.2 Å². The van der Waals surface area contributed by atoms with E-state index in [4.69, 9.17) is 9.47 Å². The van der Waals surface area contributed by atoms with Crippen molar-refractivity contribution in [1.29, 1.82) is 0 Å². The van der Waals surface area contributed by atoms with Crippen molar-refractivity contribution in [3.05, 3.63) is 0 Å². The number of nitrogens with one attached hydrogen (secondary N) is 1. The fourth-order valence-electron chi connectivity index (χ4n) is 2.63. The summed E-state index contributed by atoms with van der Waals surface area (Å²) in [4.78, 5) is 12.3. The molecule has 1 saturated heterocycles.